The van der Waals surface area contributed by atoms with Crippen molar-refractivity contribution in [1.29, 1.82) is 0 Å². The second kappa shape index (κ2) is 10.4. The highest BCUT2D eigenvalue weighted by Crippen LogP contribution is 2.02. The number of amides is 1. The number of rotatable bonds is 8. The maximum atomic E-state index is 12.2. The Morgan fingerprint density at radius 2 is 2.04 bits per heavy atom. The number of carbonyl (C=O) groups is 1. The monoisotopic (exact) mass is 383 g/mol. The first-order valence-electron chi connectivity index (χ1n) is 8.78. The predicted molar refractivity (Wildman–Crippen MR) is 108 cm³/mol. The van der Waals surface area contributed by atoms with Gasteiger partial charge in [0.1, 0.15) is 12.4 Å². The molecule has 26 heavy (non-hydrogen) atoms. The van der Waals surface area contributed by atoms with E-state index in [4.69, 9.17) is 0 Å². The number of nitrogens with zero attached hydrogens (tertiary/aromatic N) is 5. The molecule has 1 heterocycles. The number of nitrogens with one attached hydrogen (secondary N) is 2. The van der Waals surface area contributed by atoms with Gasteiger partial charge in [0.25, 0.3) is 0 Å². The van der Waals surface area contributed by atoms with Crippen molar-refractivity contribution in [3.8, 4) is 0 Å². The zero-order chi connectivity index (χ0) is 19.7. The molecule has 0 saturated heterocycles. The highest BCUT2D eigenvalue weighted by molar-refractivity contribution is 7.98. The van der Waals surface area contributed by atoms with Gasteiger partial charge in [-0.05, 0) is 46.1 Å². The zero-order valence-corrected chi connectivity index (χ0v) is 17.9. The molecule has 0 aliphatic rings. The van der Waals surface area contributed by atoms with Crippen LogP contribution in [0.1, 0.15) is 38.8 Å². The molecule has 9 heteroatoms. The second-order valence-electron chi connectivity index (χ2n) is 7.29. The van der Waals surface area contributed by atoms with E-state index in [-0.39, 0.29) is 18.0 Å². The molecule has 2 N–H and O–H groups in total. The van der Waals surface area contributed by atoms with E-state index in [0.29, 0.717) is 12.5 Å². The first-order valence-corrected chi connectivity index (χ1v) is 10.2. The van der Waals surface area contributed by atoms with Crippen LogP contribution in [0.25, 0.3) is 0 Å². The van der Waals surface area contributed by atoms with Gasteiger partial charge in [-0.25, -0.2) is 4.99 Å². The minimum atomic E-state index is -0.253. The minimum Gasteiger partial charge on any atom is -0.356 e. The lowest BCUT2D eigenvalue weighted by Gasteiger charge is -2.25. The van der Waals surface area contributed by atoms with Crippen LogP contribution in [0.3, 0.4) is 0 Å². The maximum absolute atomic E-state index is 12.2. The summed E-state index contributed by atoms with van der Waals surface area (Å²) in [5.74, 6) is 3.38. The topological polar surface area (TPSA) is 87.4 Å². The first-order chi connectivity index (χ1) is 12.1. The molecule has 1 aromatic heterocycles. The molecule has 0 radical (unpaired) electrons. The van der Waals surface area contributed by atoms with E-state index in [1.165, 1.54) is 0 Å². The number of hydrogen-bond donors (Lipinski definition) is 2. The van der Waals surface area contributed by atoms with Crippen LogP contribution in [0.15, 0.2) is 4.99 Å². The normalized spacial score (nSPS) is 12.2. The summed E-state index contributed by atoms with van der Waals surface area (Å²) < 4.78 is 1.92. The third kappa shape index (κ3) is 8.07. The average molecular weight is 384 g/mol. The molecule has 0 bridgehead atoms. The van der Waals surface area contributed by atoms with Crippen LogP contribution < -0.4 is 10.6 Å². The van der Waals surface area contributed by atoms with Crippen molar-refractivity contribution in [3.05, 3.63) is 11.6 Å². The SMILES string of the molecule is CSCCCNC(=NCc1nnc(C)n1C)N(C)CC(=O)NC(C)(C)C. The van der Waals surface area contributed by atoms with Crippen molar-refractivity contribution in [2.24, 2.45) is 12.0 Å². The third-order valence-corrected chi connectivity index (χ3v) is 4.32. The molecule has 0 spiro atoms. The van der Waals surface area contributed by atoms with Crippen LogP contribution in [0, 0.1) is 6.92 Å². The Kier molecular flexibility index (Phi) is 8.91. The molecule has 0 aliphatic carbocycles. The average Bonchev–Trinajstić information content (AvgIpc) is 2.84. The van der Waals surface area contributed by atoms with Crippen molar-refractivity contribution >= 4 is 23.6 Å². The van der Waals surface area contributed by atoms with E-state index in [1.54, 1.807) is 0 Å². The molecular weight excluding hydrogens is 350 g/mol. The number of thioether (sulfide) groups is 1. The molecule has 0 aliphatic heterocycles. The predicted octanol–water partition coefficient (Wildman–Crippen LogP) is 1.17. The Balaban J connectivity index is 2.77. The van der Waals surface area contributed by atoms with E-state index in [2.05, 4.69) is 32.1 Å². The quantitative estimate of drug-likeness (QED) is 0.398. The summed E-state index contributed by atoms with van der Waals surface area (Å²) >= 11 is 1.81. The molecule has 0 atom stereocenters. The van der Waals surface area contributed by atoms with Gasteiger partial charge < -0.3 is 20.1 Å². The summed E-state index contributed by atoms with van der Waals surface area (Å²) in [6.45, 7) is 9.27. The van der Waals surface area contributed by atoms with Gasteiger partial charge in [-0.3, -0.25) is 4.79 Å². The molecule has 0 aromatic carbocycles. The van der Waals surface area contributed by atoms with Crippen molar-refractivity contribution < 1.29 is 4.79 Å². The summed E-state index contributed by atoms with van der Waals surface area (Å²) in [6, 6.07) is 0. The summed E-state index contributed by atoms with van der Waals surface area (Å²) in [7, 11) is 3.79. The van der Waals surface area contributed by atoms with Crippen LogP contribution in [-0.4, -0.2) is 69.2 Å². The number of aliphatic imine (C=N–C) groups is 1. The van der Waals surface area contributed by atoms with Crippen molar-refractivity contribution in [1.82, 2.24) is 30.3 Å². The number of aryl methyl sites for hydroxylation is 1. The van der Waals surface area contributed by atoms with Gasteiger partial charge in [-0.2, -0.15) is 11.8 Å². The van der Waals surface area contributed by atoms with E-state index >= 15 is 0 Å². The summed E-state index contributed by atoms with van der Waals surface area (Å²) in [4.78, 5) is 18.7. The fraction of sp³-hybridized carbons (Fsp3) is 0.765. The van der Waals surface area contributed by atoms with Gasteiger partial charge in [0.15, 0.2) is 11.8 Å². The number of hydrogen-bond acceptors (Lipinski definition) is 5. The van der Waals surface area contributed by atoms with Crippen molar-refractivity contribution in [3.63, 3.8) is 0 Å². The molecule has 1 amide bonds. The Bertz CT molecular complexity index is 607. The van der Waals surface area contributed by atoms with Crippen LogP contribution in [0.5, 0.6) is 0 Å². The van der Waals surface area contributed by atoms with Gasteiger partial charge in [0.05, 0.1) is 6.54 Å². The maximum Gasteiger partial charge on any atom is 0.240 e. The lowest BCUT2D eigenvalue weighted by atomic mass is 10.1. The summed E-state index contributed by atoms with van der Waals surface area (Å²) in [5.41, 5.74) is -0.253. The minimum absolute atomic E-state index is 0.0342. The second-order valence-corrected chi connectivity index (χ2v) is 8.28. The van der Waals surface area contributed by atoms with Crippen LogP contribution in [0.2, 0.25) is 0 Å². The summed E-state index contributed by atoms with van der Waals surface area (Å²) in [5, 5.41) is 14.5. The molecule has 1 aromatic rings. The van der Waals surface area contributed by atoms with Crippen LogP contribution >= 0.6 is 11.8 Å². The fourth-order valence-electron chi connectivity index (χ4n) is 2.21. The molecule has 0 fully saturated rings. The van der Waals surface area contributed by atoms with Gasteiger partial charge in [-0.15, -0.1) is 10.2 Å². The van der Waals surface area contributed by atoms with E-state index in [0.717, 1.165) is 30.4 Å². The Hall–Kier alpha value is -1.77. The van der Waals surface area contributed by atoms with Crippen LogP contribution in [-0.2, 0) is 18.4 Å². The largest absolute Gasteiger partial charge is 0.356 e. The van der Waals surface area contributed by atoms with E-state index in [1.807, 2.05) is 63.0 Å². The van der Waals surface area contributed by atoms with E-state index < -0.39 is 0 Å². The van der Waals surface area contributed by atoms with Crippen molar-refractivity contribution in [2.45, 2.75) is 46.2 Å². The fourth-order valence-corrected chi connectivity index (χ4v) is 2.64. The first kappa shape index (κ1) is 22.3. The number of likely N-dealkylation sites (N-methyl/N-ethyl adjacent to an activating group) is 1. The number of carbonyl (C=O) groups excluding carboxylic acids is 1. The van der Waals surface area contributed by atoms with E-state index in [9.17, 15) is 4.79 Å². The van der Waals surface area contributed by atoms with Crippen molar-refractivity contribution in [2.75, 3.05) is 32.1 Å². The Morgan fingerprint density at radius 1 is 1.35 bits per heavy atom. The molecule has 0 saturated carbocycles. The number of guanidine groups is 1. The highest BCUT2D eigenvalue weighted by Gasteiger charge is 2.17. The standard InChI is InChI=1S/C17H33N7OS/c1-13-21-22-14(24(13)6)11-19-16(18-9-8-10-26-7)23(5)12-15(25)20-17(2,3)4/h8-12H2,1-7H3,(H,18,19)(H,20,25). The smallest absolute Gasteiger partial charge is 0.240 e. The molecule has 1 rings (SSSR count). The van der Waals surface area contributed by atoms with Gasteiger partial charge in [0, 0.05) is 26.2 Å². The molecule has 0 unspecified atom stereocenters. The molecule has 8 nitrogen and oxygen atoms in total. The van der Waals surface area contributed by atoms with Gasteiger partial charge >= 0.3 is 0 Å². The zero-order valence-electron chi connectivity index (χ0n) is 17.1. The van der Waals surface area contributed by atoms with Gasteiger partial charge in [0.2, 0.25) is 5.91 Å². The number of aromatic nitrogens is 3. The summed E-state index contributed by atoms with van der Waals surface area (Å²) in [6.07, 6.45) is 3.12. The Labute approximate surface area is 161 Å². The third-order valence-electron chi connectivity index (χ3n) is 3.62. The van der Waals surface area contributed by atoms with Crippen LogP contribution in [0.4, 0.5) is 0 Å². The molecular formula is C17H33N7OS. The lowest BCUT2D eigenvalue weighted by Crippen LogP contribution is -2.49. The highest BCUT2D eigenvalue weighted by atomic mass is 32.2. The lowest BCUT2D eigenvalue weighted by molar-refractivity contribution is -0.122. The molecule has 148 valence electrons. The Morgan fingerprint density at radius 3 is 2.58 bits per heavy atom. The van der Waals surface area contributed by atoms with Gasteiger partial charge in [-0.1, -0.05) is 0 Å².